The number of benzene rings is 1. The van der Waals surface area contributed by atoms with Crippen molar-refractivity contribution in [2.24, 2.45) is 5.41 Å². The number of fused-ring (bicyclic) bond motifs is 1. The minimum atomic E-state index is -0.508. The lowest BCUT2D eigenvalue weighted by Gasteiger charge is -2.32. The Hall–Kier alpha value is -3.83. The Morgan fingerprint density at radius 2 is 1.83 bits per heavy atom. The first kappa shape index (κ1) is 24.3. The molecule has 4 rings (SSSR count). The highest BCUT2D eigenvalue weighted by atomic mass is 16.2. The number of H-pyrrole nitrogens is 1. The molecule has 0 atom stereocenters. The van der Waals surface area contributed by atoms with Crippen LogP contribution in [0.5, 0.6) is 0 Å². The molecule has 1 aromatic carbocycles. The molecule has 3 aromatic rings. The molecular formula is C27H30N6O2. The van der Waals surface area contributed by atoms with E-state index in [-0.39, 0.29) is 17.4 Å². The summed E-state index contributed by atoms with van der Waals surface area (Å²) in [5.41, 5.74) is 3.94. The highest BCUT2D eigenvalue weighted by Gasteiger charge is 2.26. The van der Waals surface area contributed by atoms with Crippen LogP contribution in [0.2, 0.25) is 0 Å². The molecule has 0 radical (unpaired) electrons. The van der Waals surface area contributed by atoms with E-state index in [0.717, 1.165) is 29.9 Å². The normalized spacial score (nSPS) is 15.3. The Morgan fingerprint density at radius 3 is 2.46 bits per heavy atom. The number of amides is 1. The number of carbonyl (C=O) groups is 2. The SMILES string of the molecule is [C-]#[N+]C(=Cc1ccc(Cc2cnc3[nH]cc(C(=O)C(C)(C)C)c3n2)cc1)C(=O)N1CCN(C)CC1. The van der Waals surface area contributed by atoms with E-state index in [2.05, 4.69) is 19.7 Å². The van der Waals surface area contributed by atoms with Gasteiger partial charge in [0.25, 0.3) is 11.6 Å². The van der Waals surface area contributed by atoms with Crippen LogP contribution in [0.1, 0.15) is 48.0 Å². The molecular weight excluding hydrogens is 440 g/mol. The van der Waals surface area contributed by atoms with Gasteiger partial charge in [0, 0.05) is 44.2 Å². The first-order valence-corrected chi connectivity index (χ1v) is 11.7. The largest absolute Gasteiger partial charge is 0.345 e. The summed E-state index contributed by atoms with van der Waals surface area (Å²) < 4.78 is 0. The summed E-state index contributed by atoms with van der Waals surface area (Å²) in [4.78, 5) is 45.1. The van der Waals surface area contributed by atoms with Crippen LogP contribution in [0.15, 0.2) is 42.4 Å². The van der Waals surface area contributed by atoms with Crippen molar-refractivity contribution in [3.05, 3.63) is 76.2 Å². The molecule has 8 heteroatoms. The van der Waals surface area contributed by atoms with Crippen LogP contribution in [0.25, 0.3) is 22.1 Å². The Bertz CT molecular complexity index is 1320. The van der Waals surface area contributed by atoms with E-state index >= 15 is 0 Å². The molecule has 0 saturated carbocycles. The van der Waals surface area contributed by atoms with E-state index in [1.54, 1.807) is 23.4 Å². The van der Waals surface area contributed by atoms with E-state index in [9.17, 15) is 9.59 Å². The van der Waals surface area contributed by atoms with E-state index in [0.29, 0.717) is 36.2 Å². The molecule has 0 spiro atoms. The molecule has 180 valence electrons. The number of Topliss-reactive ketones (excluding diaryl/α,β-unsaturated/α-hetero) is 1. The smallest absolute Gasteiger partial charge is 0.252 e. The number of ketones is 1. The summed E-state index contributed by atoms with van der Waals surface area (Å²) in [7, 11) is 2.03. The number of carbonyl (C=O) groups excluding carboxylic acids is 2. The van der Waals surface area contributed by atoms with Crippen molar-refractivity contribution in [2.45, 2.75) is 27.2 Å². The molecule has 8 nitrogen and oxygen atoms in total. The van der Waals surface area contributed by atoms with Crippen molar-refractivity contribution in [2.75, 3.05) is 33.2 Å². The maximum Gasteiger partial charge on any atom is 0.252 e. The maximum atomic E-state index is 12.8. The highest BCUT2D eigenvalue weighted by molar-refractivity contribution is 6.08. The molecule has 0 bridgehead atoms. The molecule has 1 aliphatic rings. The molecule has 35 heavy (non-hydrogen) atoms. The summed E-state index contributed by atoms with van der Waals surface area (Å²) in [6.07, 6.45) is 5.59. The fourth-order valence-electron chi connectivity index (χ4n) is 4.00. The fourth-order valence-corrected chi connectivity index (χ4v) is 4.00. The molecule has 0 aliphatic carbocycles. The van der Waals surface area contributed by atoms with Crippen molar-refractivity contribution < 1.29 is 9.59 Å². The Morgan fingerprint density at radius 1 is 1.14 bits per heavy atom. The number of rotatable bonds is 5. The number of hydrogen-bond acceptors (Lipinski definition) is 5. The lowest BCUT2D eigenvalue weighted by atomic mass is 9.87. The highest BCUT2D eigenvalue weighted by Crippen LogP contribution is 2.25. The van der Waals surface area contributed by atoms with Crippen LogP contribution in [0.3, 0.4) is 0 Å². The first-order chi connectivity index (χ1) is 16.7. The van der Waals surface area contributed by atoms with Crippen molar-refractivity contribution in [1.82, 2.24) is 24.8 Å². The molecule has 1 saturated heterocycles. The topological polar surface area (TPSA) is 86.5 Å². The van der Waals surface area contributed by atoms with Gasteiger partial charge in [0.05, 0.1) is 24.0 Å². The van der Waals surface area contributed by atoms with Gasteiger partial charge in [0.15, 0.2) is 11.4 Å². The number of nitrogens with zero attached hydrogens (tertiary/aromatic N) is 5. The van der Waals surface area contributed by atoms with Crippen molar-refractivity contribution in [3.8, 4) is 0 Å². The number of piperazine rings is 1. The Kier molecular flexibility index (Phi) is 6.81. The fraction of sp³-hybridized carbons (Fsp3) is 0.370. The van der Waals surface area contributed by atoms with Crippen molar-refractivity contribution >= 4 is 28.9 Å². The van der Waals surface area contributed by atoms with Crippen molar-refractivity contribution in [3.63, 3.8) is 0 Å². The summed E-state index contributed by atoms with van der Waals surface area (Å²) in [6.45, 7) is 16.0. The Balaban J connectivity index is 1.50. The first-order valence-electron chi connectivity index (χ1n) is 11.7. The van der Waals surface area contributed by atoms with Crippen LogP contribution >= 0.6 is 0 Å². The number of aromatic nitrogens is 3. The van der Waals surface area contributed by atoms with Crippen LogP contribution in [0.4, 0.5) is 0 Å². The monoisotopic (exact) mass is 470 g/mol. The van der Waals surface area contributed by atoms with Gasteiger partial charge in [-0.1, -0.05) is 45.0 Å². The maximum absolute atomic E-state index is 12.8. The lowest BCUT2D eigenvalue weighted by Crippen LogP contribution is -2.47. The second-order valence-corrected chi connectivity index (χ2v) is 10.00. The predicted molar refractivity (Wildman–Crippen MR) is 136 cm³/mol. The zero-order valence-electron chi connectivity index (χ0n) is 20.6. The van der Waals surface area contributed by atoms with E-state index in [1.807, 2.05) is 52.1 Å². The minimum Gasteiger partial charge on any atom is -0.345 e. The summed E-state index contributed by atoms with van der Waals surface area (Å²) in [5, 5.41) is 0. The third-order valence-electron chi connectivity index (χ3n) is 6.15. The van der Waals surface area contributed by atoms with Gasteiger partial charge in [0.2, 0.25) is 0 Å². The molecule has 2 aromatic heterocycles. The summed E-state index contributed by atoms with van der Waals surface area (Å²) in [5.74, 6) is -0.194. The molecule has 1 aliphatic heterocycles. The van der Waals surface area contributed by atoms with Gasteiger partial charge < -0.3 is 14.8 Å². The van der Waals surface area contributed by atoms with Gasteiger partial charge in [-0.2, -0.15) is 0 Å². The van der Waals surface area contributed by atoms with Gasteiger partial charge in [-0.15, -0.1) is 0 Å². The third-order valence-corrected chi connectivity index (χ3v) is 6.15. The summed E-state index contributed by atoms with van der Waals surface area (Å²) in [6, 6.07) is 7.71. The number of nitrogens with one attached hydrogen (secondary N) is 1. The second kappa shape index (κ2) is 9.80. The van der Waals surface area contributed by atoms with Gasteiger partial charge in [-0.05, 0) is 24.3 Å². The second-order valence-electron chi connectivity index (χ2n) is 10.00. The van der Waals surface area contributed by atoms with E-state index in [4.69, 9.17) is 11.6 Å². The molecule has 1 amide bonds. The van der Waals surface area contributed by atoms with Crippen LogP contribution in [0, 0.1) is 12.0 Å². The average Bonchev–Trinajstić information content (AvgIpc) is 3.25. The van der Waals surface area contributed by atoms with Crippen LogP contribution in [-0.4, -0.2) is 69.7 Å². The zero-order chi connectivity index (χ0) is 25.2. The standard InChI is InChI=1S/C27H30N6O2/c1-27(2,3)24(34)21-17-30-25-23(21)31-20(16-29-25)14-18-6-8-19(9-7-18)15-22(28-4)26(35)33-12-10-32(5)11-13-33/h6-9,15-17H,10-14H2,1-3,5H3,(H,29,30). The zero-order valence-corrected chi connectivity index (χ0v) is 20.6. The quantitative estimate of drug-likeness (QED) is 0.348. The van der Waals surface area contributed by atoms with Crippen LogP contribution in [-0.2, 0) is 11.2 Å². The van der Waals surface area contributed by atoms with Crippen molar-refractivity contribution in [1.29, 1.82) is 0 Å². The van der Waals surface area contributed by atoms with E-state index in [1.165, 1.54) is 0 Å². The molecule has 1 fully saturated rings. The summed E-state index contributed by atoms with van der Waals surface area (Å²) >= 11 is 0. The molecule has 1 N–H and O–H groups in total. The third kappa shape index (κ3) is 5.47. The number of likely N-dealkylation sites (N-methyl/N-ethyl adjacent to an activating group) is 1. The predicted octanol–water partition coefficient (Wildman–Crippen LogP) is 3.81. The number of hydrogen-bond donors (Lipinski definition) is 1. The lowest BCUT2D eigenvalue weighted by molar-refractivity contribution is -0.128. The van der Waals surface area contributed by atoms with Gasteiger partial charge in [-0.25, -0.2) is 14.8 Å². The van der Waals surface area contributed by atoms with Gasteiger partial charge >= 0.3 is 0 Å². The van der Waals surface area contributed by atoms with Crippen LogP contribution < -0.4 is 0 Å². The average molecular weight is 471 g/mol. The van der Waals surface area contributed by atoms with Gasteiger partial charge in [0.1, 0.15) is 5.52 Å². The number of aromatic amines is 1. The van der Waals surface area contributed by atoms with Gasteiger partial charge in [-0.3, -0.25) is 9.59 Å². The Labute approximate surface area is 205 Å². The molecule has 0 unspecified atom stereocenters. The van der Waals surface area contributed by atoms with E-state index < -0.39 is 5.41 Å². The molecule has 3 heterocycles. The minimum absolute atomic E-state index is 0.0214.